The number of Topliss-reactive ketones (excluding diaryl/α,β-unsaturated/α-hetero) is 1. The van der Waals surface area contributed by atoms with Gasteiger partial charge in [0.15, 0.2) is 0 Å². The van der Waals surface area contributed by atoms with E-state index in [0.29, 0.717) is 0 Å². The molecule has 3 N–H and O–H groups in total. The first-order chi connectivity index (χ1) is 7.04. The van der Waals surface area contributed by atoms with E-state index in [9.17, 15) is 14.0 Å². The molecule has 78 valence electrons. The Morgan fingerprint density at radius 2 is 1.73 bits per heavy atom. The van der Waals surface area contributed by atoms with Crippen molar-refractivity contribution in [2.45, 2.75) is 0 Å². The zero-order chi connectivity index (χ0) is 11.4. The van der Waals surface area contributed by atoms with Crippen LogP contribution in [0, 0.1) is 0 Å². The van der Waals surface area contributed by atoms with E-state index in [1.807, 2.05) is 0 Å². The van der Waals surface area contributed by atoms with Crippen molar-refractivity contribution in [1.82, 2.24) is 0 Å². The molecule has 0 spiro atoms. The molecule has 0 aliphatic heterocycles. The zero-order valence-electron chi connectivity index (χ0n) is 7.61. The third-order valence-electron chi connectivity index (χ3n) is 1.70. The molecule has 0 heterocycles. The van der Waals surface area contributed by atoms with Gasteiger partial charge in [-0.05, 0) is 0 Å². The van der Waals surface area contributed by atoms with Crippen LogP contribution < -0.4 is 5.73 Å². The largest absolute Gasteiger partial charge is 0.476 e. The second-order valence-corrected chi connectivity index (χ2v) is 2.73. The lowest BCUT2D eigenvalue weighted by Gasteiger charge is -2.00. The lowest BCUT2D eigenvalue weighted by atomic mass is 10.1. The number of ketones is 1. The highest BCUT2D eigenvalue weighted by Gasteiger charge is 2.18. The van der Waals surface area contributed by atoms with Gasteiger partial charge in [0.05, 0.1) is 0 Å². The normalized spacial score (nSPS) is 11.8. The number of nitrogens with two attached hydrogens (primary N) is 1. The maximum atomic E-state index is 12.8. The summed E-state index contributed by atoms with van der Waals surface area (Å²) in [6.07, 6.45) is 0. The first-order valence-corrected chi connectivity index (χ1v) is 4.02. The number of allylic oxidation sites excluding steroid dienone is 1. The molecule has 0 saturated heterocycles. The molecular weight excluding hydrogens is 201 g/mol. The van der Waals surface area contributed by atoms with Crippen molar-refractivity contribution in [3.05, 3.63) is 47.4 Å². The maximum Gasteiger partial charge on any atom is 0.367 e. The van der Waals surface area contributed by atoms with Gasteiger partial charge in [-0.15, -0.1) is 0 Å². The molecular formula is C10H8FNO3. The second kappa shape index (κ2) is 4.36. The Balaban J connectivity index is 3.07. The van der Waals surface area contributed by atoms with Gasteiger partial charge in [0.1, 0.15) is 5.70 Å². The average Bonchev–Trinajstić information content (AvgIpc) is 2.27. The third kappa shape index (κ3) is 2.40. The van der Waals surface area contributed by atoms with Crippen LogP contribution in [-0.2, 0) is 4.79 Å². The number of carbonyl (C=O) groups is 2. The van der Waals surface area contributed by atoms with Crippen LogP contribution in [0.1, 0.15) is 10.4 Å². The summed E-state index contributed by atoms with van der Waals surface area (Å²) in [5, 5.41) is 8.28. The van der Waals surface area contributed by atoms with Gasteiger partial charge in [-0.2, -0.15) is 4.39 Å². The zero-order valence-corrected chi connectivity index (χ0v) is 7.61. The number of rotatable bonds is 3. The Morgan fingerprint density at radius 3 is 2.20 bits per heavy atom. The highest BCUT2D eigenvalue weighted by Crippen LogP contribution is 2.09. The average molecular weight is 209 g/mol. The molecule has 0 bridgehead atoms. The van der Waals surface area contributed by atoms with E-state index in [1.54, 1.807) is 18.2 Å². The molecule has 1 rings (SSSR count). The molecule has 1 aromatic rings. The van der Waals surface area contributed by atoms with Crippen LogP contribution in [-0.4, -0.2) is 16.9 Å². The first-order valence-electron chi connectivity index (χ1n) is 4.02. The predicted octanol–water partition coefficient (Wildman–Crippen LogP) is 1.09. The van der Waals surface area contributed by atoms with Gasteiger partial charge in [-0.1, -0.05) is 30.3 Å². The van der Waals surface area contributed by atoms with Gasteiger partial charge in [0.25, 0.3) is 0 Å². The lowest BCUT2D eigenvalue weighted by Crippen LogP contribution is -2.16. The Kier molecular flexibility index (Phi) is 3.17. The Morgan fingerprint density at radius 1 is 1.20 bits per heavy atom. The summed E-state index contributed by atoms with van der Waals surface area (Å²) in [5.41, 5.74) is 4.32. The third-order valence-corrected chi connectivity index (χ3v) is 1.70. The van der Waals surface area contributed by atoms with E-state index in [-0.39, 0.29) is 5.56 Å². The van der Waals surface area contributed by atoms with E-state index >= 15 is 0 Å². The predicted molar refractivity (Wildman–Crippen MR) is 50.7 cm³/mol. The molecule has 0 fully saturated rings. The van der Waals surface area contributed by atoms with Crippen molar-refractivity contribution < 1.29 is 19.1 Å². The number of aliphatic carboxylic acids is 1. The summed E-state index contributed by atoms with van der Waals surface area (Å²) in [6, 6.07) is 7.65. The van der Waals surface area contributed by atoms with Crippen molar-refractivity contribution in [2.24, 2.45) is 5.73 Å². The van der Waals surface area contributed by atoms with E-state index in [2.05, 4.69) is 0 Å². The van der Waals surface area contributed by atoms with Crippen LogP contribution in [0.5, 0.6) is 0 Å². The van der Waals surface area contributed by atoms with Gasteiger partial charge < -0.3 is 10.8 Å². The summed E-state index contributed by atoms with van der Waals surface area (Å²) in [7, 11) is 0. The Bertz CT molecular complexity index is 426. The van der Waals surface area contributed by atoms with Crippen molar-refractivity contribution in [3.63, 3.8) is 0 Å². The van der Waals surface area contributed by atoms with Crippen molar-refractivity contribution in [2.75, 3.05) is 0 Å². The number of carbonyl (C=O) groups excluding carboxylic acids is 1. The van der Waals surface area contributed by atoms with E-state index in [4.69, 9.17) is 10.8 Å². The first kappa shape index (κ1) is 10.9. The van der Waals surface area contributed by atoms with Crippen molar-refractivity contribution in [1.29, 1.82) is 0 Å². The van der Waals surface area contributed by atoms with Crippen molar-refractivity contribution >= 4 is 11.8 Å². The van der Waals surface area contributed by atoms with E-state index < -0.39 is 23.3 Å². The fourth-order valence-corrected chi connectivity index (χ4v) is 0.960. The summed E-state index contributed by atoms with van der Waals surface area (Å²) in [4.78, 5) is 21.6. The minimum atomic E-state index is -1.85. The topological polar surface area (TPSA) is 80.4 Å². The van der Waals surface area contributed by atoms with Gasteiger partial charge in [-0.25, -0.2) is 4.79 Å². The summed E-state index contributed by atoms with van der Waals surface area (Å²) >= 11 is 0. The molecule has 0 atom stereocenters. The quantitative estimate of drug-likeness (QED) is 0.576. The van der Waals surface area contributed by atoms with Crippen LogP contribution in [0.25, 0.3) is 0 Å². The summed E-state index contributed by atoms with van der Waals surface area (Å²) < 4.78 is 12.8. The van der Waals surface area contributed by atoms with Crippen LogP contribution >= 0.6 is 0 Å². The number of hydrogen-bond acceptors (Lipinski definition) is 3. The molecule has 0 unspecified atom stereocenters. The number of halogens is 1. The monoisotopic (exact) mass is 209 g/mol. The molecule has 0 saturated carbocycles. The van der Waals surface area contributed by atoms with Crippen LogP contribution in [0.15, 0.2) is 41.9 Å². The molecule has 1 aromatic carbocycles. The Hall–Kier alpha value is -2.17. The molecule has 15 heavy (non-hydrogen) atoms. The minimum Gasteiger partial charge on any atom is -0.476 e. The maximum absolute atomic E-state index is 12.8. The summed E-state index contributed by atoms with van der Waals surface area (Å²) in [5.74, 6) is -4.32. The highest BCUT2D eigenvalue weighted by atomic mass is 19.1. The van der Waals surface area contributed by atoms with E-state index in [0.717, 1.165) is 0 Å². The van der Waals surface area contributed by atoms with Gasteiger partial charge in [0, 0.05) is 5.56 Å². The standard InChI is InChI=1S/C10H8FNO3/c11-7(10(14)15)8(12)9(13)6-4-2-1-3-5-6/h1-5H,12H2,(H,14,15). The van der Waals surface area contributed by atoms with Crippen LogP contribution in [0.2, 0.25) is 0 Å². The second-order valence-electron chi connectivity index (χ2n) is 2.73. The number of carboxylic acids is 1. The molecule has 0 radical (unpaired) electrons. The van der Waals surface area contributed by atoms with Crippen LogP contribution in [0.4, 0.5) is 4.39 Å². The molecule has 0 aliphatic carbocycles. The molecule has 0 aliphatic rings. The molecule has 5 heteroatoms. The van der Waals surface area contributed by atoms with Gasteiger partial charge in [0.2, 0.25) is 11.6 Å². The molecule has 0 amide bonds. The van der Waals surface area contributed by atoms with Crippen molar-refractivity contribution in [3.8, 4) is 0 Å². The SMILES string of the molecule is NC(C(=O)c1ccccc1)=C(F)C(=O)O. The van der Waals surface area contributed by atoms with Crippen LogP contribution in [0.3, 0.4) is 0 Å². The minimum absolute atomic E-state index is 0.145. The van der Waals surface area contributed by atoms with Gasteiger partial charge >= 0.3 is 5.97 Å². The Labute approximate surface area is 84.8 Å². The molecule has 0 aromatic heterocycles. The number of carboxylic acid groups (broad SMARTS) is 1. The summed E-state index contributed by atoms with van der Waals surface area (Å²) in [6.45, 7) is 0. The highest BCUT2D eigenvalue weighted by molar-refractivity contribution is 6.11. The fourth-order valence-electron chi connectivity index (χ4n) is 0.960. The molecule has 4 nitrogen and oxygen atoms in total. The number of hydrogen-bond donors (Lipinski definition) is 2. The fraction of sp³-hybridized carbons (Fsp3) is 0. The van der Waals surface area contributed by atoms with E-state index in [1.165, 1.54) is 12.1 Å². The van der Waals surface area contributed by atoms with Gasteiger partial charge in [-0.3, -0.25) is 4.79 Å². The smallest absolute Gasteiger partial charge is 0.367 e. The lowest BCUT2D eigenvalue weighted by molar-refractivity contribution is -0.134. The number of benzene rings is 1.